The Morgan fingerprint density at radius 2 is 1.66 bits per heavy atom. The molecule has 0 bridgehead atoms. The lowest BCUT2D eigenvalue weighted by molar-refractivity contribution is 0.0730. The molecule has 1 aliphatic heterocycles. The standard InChI is InChI=1S/C20H25N3O7S2/c1-29-16-6-8-17(9-7-16)31(25,26)22-11-10-21-20(24)18-4-2-3-5-19(18)32(27,28)23-12-14-30-15-13-23/h2-9,22H,10-15H2,1H3,(H,21,24). The highest BCUT2D eigenvalue weighted by Crippen LogP contribution is 2.21. The molecule has 10 nitrogen and oxygen atoms in total. The number of amides is 1. The van der Waals surface area contributed by atoms with E-state index in [0.29, 0.717) is 19.0 Å². The van der Waals surface area contributed by atoms with Crippen LogP contribution >= 0.6 is 0 Å². The lowest BCUT2D eigenvalue weighted by Gasteiger charge is -2.26. The van der Waals surface area contributed by atoms with E-state index in [1.165, 1.54) is 47.8 Å². The molecule has 0 saturated carbocycles. The van der Waals surface area contributed by atoms with Crippen LogP contribution in [-0.4, -0.2) is 73.6 Å². The molecule has 1 aliphatic rings. The minimum Gasteiger partial charge on any atom is -0.497 e. The van der Waals surface area contributed by atoms with Gasteiger partial charge < -0.3 is 14.8 Å². The molecule has 1 saturated heterocycles. The first-order valence-corrected chi connectivity index (χ1v) is 12.8. The molecule has 3 rings (SSSR count). The number of carbonyl (C=O) groups is 1. The average Bonchev–Trinajstić information content (AvgIpc) is 2.82. The van der Waals surface area contributed by atoms with Crippen LogP contribution in [-0.2, 0) is 24.8 Å². The predicted octanol–water partition coefficient (Wildman–Crippen LogP) is 0.424. The van der Waals surface area contributed by atoms with Gasteiger partial charge in [-0.05, 0) is 36.4 Å². The van der Waals surface area contributed by atoms with E-state index in [1.807, 2.05) is 0 Å². The van der Waals surface area contributed by atoms with Gasteiger partial charge in [-0.1, -0.05) is 12.1 Å². The van der Waals surface area contributed by atoms with Crippen LogP contribution < -0.4 is 14.8 Å². The van der Waals surface area contributed by atoms with Crippen molar-refractivity contribution in [2.24, 2.45) is 0 Å². The van der Waals surface area contributed by atoms with Crippen molar-refractivity contribution < 1.29 is 31.1 Å². The minimum absolute atomic E-state index is 0.00277. The van der Waals surface area contributed by atoms with Crippen LogP contribution in [0.5, 0.6) is 5.75 Å². The van der Waals surface area contributed by atoms with Crippen molar-refractivity contribution in [3.8, 4) is 5.75 Å². The maximum atomic E-state index is 13.0. The summed E-state index contributed by atoms with van der Waals surface area (Å²) in [4.78, 5) is 12.6. The fraction of sp³-hybridized carbons (Fsp3) is 0.350. The Balaban J connectivity index is 1.62. The minimum atomic E-state index is -3.86. The lowest BCUT2D eigenvalue weighted by atomic mass is 10.2. The summed E-state index contributed by atoms with van der Waals surface area (Å²) in [6.07, 6.45) is 0. The Kier molecular flexibility index (Phi) is 7.85. The zero-order valence-electron chi connectivity index (χ0n) is 17.5. The summed E-state index contributed by atoms with van der Waals surface area (Å²) in [6.45, 7) is 0.916. The number of nitrogens with zero attached hydrogens (tertiary/aromatic N) is 1. The number of carbonyl (C=O) groups excluding carboxylic acids is 1. The first-order valence-electron chi connectivity index (χ1n) is 9.84. The summed E-state index contributed by atoms with van der Waals surface area (Å²) in [6, 6.07) is 11.8. The molecule has 2 aromatic carbocycles. The smallest absolute Gasteiger partial charge is 0.252 e. The van der Waals surface area contributed by atoms with Crippen LogP contribution in [0.1, 0.15) is 10.4 Å². The maximum Gasteiger partial charge on any atom is 0.252 e. The number of rotatable bonds is 9. The van der Waals surface area contributed by atoms with Crippen LogP contribution in [0.3, 0.4) is 0 Å². The Hall–Kier alpha value is -2.51. The van der Waals surface area contributed by atoms with Crippen LogP contribution in [0.4, 0.5) is 0 Å². The molecule has 1 amide bonds. The van der Waals surface area contributed by atoms with Crippen LogP contribution in [0.25, 0.3) is 0 Å². The van der Waals surface area contributed by atoms with Gasteiger partial charge >= 0.3 is 0 Å². The summed E-state index contributed by atoms with van der Waals surface area (Å²) >= 11 is 0. The average molecular weight is 484 g/mol. The summed E-state index contributed by atoms with van der Waals surface area (Å²) in [7, 11) is -6.15. The van der Waals surface area contributed by atoms with Gasteiger partial charge in [-0.2, -0.15) is 4.31 Å². The number of methoxy groups -OCH3 is 1. The second kappa shape index (κ2) is 10.4. The van der Waals surface area contributed by atoms with Gasteiger partial charge in [0, 0.05) is 26.2 Å². The second-order valence-electron chi connectivity index (χ2n) is 6.84. The fourth-order valence-corrected chi connectivity index (χ4v) is 5.73. The molecule has 0 spiro atoms. The number of morpholine rings is 1. The van der Waals surface area contributed by atoms with Crippen molar-refractivity contribution in [3.63, 3.8) is 0 Å². The third-order valence-electron chi connectivity index (χ3n) is 4.79. The van der Waals surface area contributed by atoms with Crippen LogP contribution in [0, 0.1) is 0 Å². The first kappa shape index (κ1) is 24.1. The lowest BCUT2D eigenvalue weighted by Crippen LogP contribution is -2.41. The first-order chi connectivity index (χ1) is 15.3. The Morgan fingerprint density at radius 1 is 1.00 bits per heavy atom. The normalized spacial score (nSPS) is 15.3. The van der Waals surface area contributed by atoms with Crippen molar-refractivity contribution in [3.05, 3.63) is 54.1 Å². The van der Waals surface area contributed by atoms with E-state index >= 15 is 0 Å². The van der Waals surface area contributed by atoms with Crippen molar-refractivity contribution in [2.45, 2.75) is 9.79 Å². The Morgan fingerprint density at radius 3 is 2.31 bits per heavy atom. The molecule has 174 valence electrons. The highest BCUT2D eigenvalue weighted by Gasteiger charge is 2.30. The summed E-state index contributed by atoms with van der Waals surface area (Å²) < 4.78 is 64.5. The van der Waals surface area contributed by atoms with Crippen molar-refractivity contribution >= 4 is 26.0 Å². The largest absolute Gasteiger partial charge is 0.497 e. The number of benzene rings is 2. The Labute approximate surface area is 187 Å². The third kappa shape index (κ3) is 5.64. The van der Waals surface area contributed by atoms with Gasteiger partial charge in [0.1, 0.15) is 5.75 Å². The van der Waals surface area contributed by atoms with Crippen molar-refractivity contribution in [2.75, 3.05) is 46.5 Å². The van der Waals surface area contributed by atoms with Gasteiger partial charge in [-0.3, -0.25) is 4.79 Å². The molecule has 1 heterocycles. The quantitative estimate of drug-likeness (QED) is 0.494. The molecule has 2 N–H and O–H groups in total. The Bertz CT molecular complexity index is 1140. The van der Waals surface area contributed by atoms with Crippen molar-refractivity contribution in [1.29, 1.82) is 0 Å². The molecule has 0 aliphatic carbocycles. The zero-order chi connectivity index (χ0) is 23.2. The van der Waals surface area contributed by atoms with Crippen molar-refractivity contribution in [1.82, 2.24) is 14.3 Å². The molecule has 0 radical (unpaired) electrons. The molecule has 0 unspecified atom stereocenters. The molecule has 1 fully saturated rings. The molecule has 32 heavy (non-hydrogen) atoms. The number of hydrogen-bond acceptors (Lipinski definition) is 7. The van der Waals surface area contributed by atoms with Crippen LogP contribution in [0.15, 0.2) is 58.3 Å². The van der Waals surface area contributed by atoms with E-state index in [0.717, 1.165) is 0 Å². The number of sulfonamides is 2. The van der Waals surface area contributed by atoms with E-state index in [4.69, 9.17) is 9.47 Å². The monoisotopic (exact) mass is 483 g/mol. The van der Waals surface area contributed by atoms with E-state index in [2.05, 4.69) is 10.0 Å². The van der Waals surface area contributed by atoms with Gasteiger partial charge in [0.05, 0.1) is 35.7 Å². The van der Waals surface area contributed by atoms with E-state index in [9.17, 15) is 21.6 Å². The number of nitrogens with one attached hydrogen (secondary N) is 2. The van der Waals surface area contributed by atoms with Gasteiger partial charge in [0.25, 0.3) is 5.91 Å². The van der Waals surface area contributed by atoms with E-state index in [1.54, 1.807) is 12.1 Å². The third-order valence-corrected chi connectivity index (χ3v) is 8.23. The predicted molar refractivity (Wildman–Crippen MR) is 117 cm³/mol. The number of ether oxygens (including phenoxy) is 2. The molecule has 2 aromatic rings. The maximum absolute atomic E-state index is 13.0. The molecule has 12 heteroatoms. The second-order valence-corrected chi connectivity index (χ2v) is 10.5. The van der Waals surface area contributed by atoms with E-state index in [-0.39, 0.29) is 41.5 Å². The topological polar surface area (TPSA) is 131 Å². The molecular formula is C20H25N3O7S2. The van der Waals surface area contributed by atoms with Gasteiger partial charge in [0.2, 0.25) is 20.0 Å². The molecule has 0 atom stereocenters. The highest BCUT2D eigenvalue weighted by molar-refractivity contribution is 7.89. The summed E-state index contributed by atoms with van der Waals surface area (Å²) in [5, 5.41) is 2.56. The van der Waals surface area contributed by atoms with Crippen LogP contribution in [0.2, 0.25) is 0 Å². The SMILES string of the molecule is COc1ccc(S(=O)(=O)NCCNC(=O)c2ccccc2S(=O)(=O)N2CCOCC2)cc1. The van der Waals surface area contributed by atoms with Gasteiger partial charge in [-0.25, -0.2) is 21.6 Å². The van der Waals surface area contributed by atoms with E-state index < -0.39 is 26.0 Å². The molecular weight excluding hydrogens is 458 g/mol. The molecule has 0 aromatic heterocycles. The highest BCUT2D eigenvalue weighted by atomic mass is 32.2. The number of hydrogen-bond donors (Lipinski definition) is 2. The van der Waals surface area contributed by atoms with Gasteiger partial charge in [-0.15, -0.1) is 0 Å². The summed E-state index contributed by atoms with van der Waals surface area (Å²) in [5.41, 5.74) is -0.00277. The fourth-order valence-electron chi connectivity index (χ4n) is 3.10. The zero-order valence-corrected chi connectivity index (χ0v) is 19.1. The van der Waals surface area contributed by atoms with Gasteiger partial charge in [0.15, 0.2) is 0 Å². The summed E-state index contributed by atoms with van der Waals surface area (Å²) in [5.74, 6) is -0.0806.